The van der Waals surface area contributed by atoms with Gasteiger partial charge in [0.2, 0.25) is 0 Å². The molecule has 0 unspecified atom stereocenters. The zero-order valence-electron chi connectivity index (χ0n) is 7.74. The lowest BCUT2D eigenvalue weighted by molar-refractivity contribution is 0.0696. The van der Waals surface area contributed by atoms with Gasteiger partial charge in [0.15, 0.2) is 0 Å². The minimum Gasteiger partial charge on any atom is -0.478 e. The average molecular weight is 190 g/mol. The zero-order valence-corrected chi connectivity index (χ0v) is 7.74. The monoisotopic (exact) mass is 190 g/mol. The maximum Gasteiger partial charge on any atom is 0.335 e. The number of carboxylic acid groups (broad SMARTS) is 1. The van der Waals surface area contributed by atoms with Gasteiger partial charge in [-0.15, -0.1) is 0 Å². The zero-order chi connectivity index (χ0) is 10.7. The van der Waals surface area contributed by atoms with Gasteiger partial charge in [0, 0.05) is 6.54 Å². The van der Waals surface area contributed by atoms with Crippen molar-refractivity contribution in [3.8, 4) is 6.07 Å². The number of hydrogen-bond donors (Lipinski definition) is 2. The van der Waals surface area contributed by atoms with Crippen LogP contribution in [0.1, 0.15) is 27.0 Å². The van der Waals surface area contributed by atoms with E-state index < -0.39 is 5.97 Å². The van der Waals surface area contributed by atoms with Crippen molar-refractivity contribution in [1.29, 1.82) is 5.26 Å². The number of carbonyl (C=O) groups is 1. The van der Waals surface area contributed by atoms with Crippen molar-refractivity contribution in [3.63, 3.8) is 0 Å². The lowest BCUT2D eigenvalue weighted by atomic mass is 9.99. The molecule has 0 aliphatic heterocycles. The molecule has 4 heteroatoms. The summed E-state index contributed by atoms with van der Waals surface area (Å²) in [5, 5.41) is 17.5. The molecule has 0 aromatic heterocycles. The third-order valence-corrected chi connectivity index (χ3v) is 2.04. The van der Waals surface area contributed by atoms with Crippen molar-refractivity contribution in [2.75, 3.05) is 0 Å². The molecule has 0 fully saturated rings. The van der Waals surface area contributed by atoms with Crippen LogP contribution in [-0.4, -0.2) is 11.1 Å². The number of hydrogen-bond acceptors (Lipinski definition) is 3. The van der Waals surface area contributed by atoms with Crippen LogP contribution in [-0.2, 0) is 6.54 Å². The summed E-state index contributed by atoms with van der Waals surface area (Å²) in [6, 6.07) is 4.80. The fourth-order valence-corrected chi connectivity index (χ4v) is 1.31. The Bertz CT molecular complexity index is 419. The van der Waals surface area contributed by atoms with E-state index >= 15 is 0 Å². The molecule has 1 aromatic rings. The second-order valence-corrected chi connectivity index (χ2v) is 2.94. The van der Waals surface area contributed by atoms with E-state index in [0.29, 0.717) is 11.1 Å². The maximum absolute atomic E-state index is 10.7. The van der Waals surface area contributed by atoms with Gasteiger partial charge in [0.25, 0.3) is 0 Å². The number of nitrogens with two attached hydrogens (primary N) is 1. The average Bonchev–Trinajstić information content (AvgIpc) is 2.16. The van der Waals surface area contributed by atoms with Gasteiger partial charge in [-0.25, -0.2) is 4.79 Å². The summed E-state index contributed by atoms with van der Waals surface area (Å²) in [4.78, 5) is 10.7. The Morgan fingerprint density at radius 1 is 1.64 bits per heavy atom. The molecule has 0 atom stereocenters. The molecule has 0 aliphatic carbocycles. The van der Waals surface area contributed by atoms with Crippen molar-refractivity contribution in [2.24, 2.45) is 5.73 Å². The summed E-state index contributed by atoms with van der Waals surface area (Å²) >= 11 is 0. The highest BCUT2D eigenvalue weighted by molar-refractivity contribution is 5.88. The molecule has 0 spiro atoms. The van der Waals surface area contributed by atoms with Crippen LogP contribution in [0.4, 0.5) is 0 Å². The molecule has 0 radical (unpaired) electrons. The van der Waals surface area contributed by atoms with Crippen LogP contribution < -0.4 is 5.73 Å². The molecule has 14 heavy (non-hydrogen) atoms. The van der Waals surface area contributed by atoms with E-state index in [1.807, 2.05) is 6.07 Å². The first-order valence-electron chi connectivity index (χ1n) is 4.07. The number of nitriles is 1. The maximum atomic E-state index is 10.7. The SMILES string of the molecule is Cc1cc(C(=O)O)cc(C#N)c1CN. The number of nitrogens with zero attached hydrogens (tertiary/aromatic N) is 1. The van der Waals surface area contributed by atoms with E-state index in [-0.39, 0.29) is 12.1 Å². The van der Waals surface area contributed by atoms with Crippen LogP contribution in [0.3, 0.4) is 0 Å². The Labute approximate surface area is 81.6 Å². The van der Waals surface area contributed by atoms with Gasteiger partial charge in [0.1, 0.15) is 0 Å². The summed E-state index contributed by atoms with van der Waals surface area (Å²) in [5.41, 5.74) is 7.36. The molecular formula is C10H10N2O2. The van der Waals surface area contributed by atoms with Crippen LogP contribution >= 0.6 is 0 Å². The molecule has 3 N–H and O–H groups in total. The molecule has 1 rings (SSSR count). The van der Waals surface area contributed by atoms with Crippen LogP contribution in [0.2, 0.25) is 0 Å². The van der Waals surface area contributed by atoms with Gasteiger partial charge in [0.05, 0.1) is 17.2 Å². The largest absolute Gasteiger partial charge is 0.478 e. The lowest BCUT2D eigenvalue weighted by Gasteiger charge is -2.06. The van der Waals surface area contributed by atoms with Gasteiger partial charge < -0.3 is 10.8 Å². The Hall–Kier alpha value is -1.86. The van der Waals surface area contributed by atoms with Crippen LogP contribution in [0.5, 0.6) is 0 Å². The van der Waals surface area contributed by atoms with E-state index in [9.17, 15) is 4.79 Å². The Morgan fingerprint density at radius 3 is 2.71 bits per heavy atom. The fourth-order valence-electron chi connectivity index (χ4n) is 1.31. The highest BCUT2D eigenvalue weighted by Crippen LogP contribution is 2.16. The summed E-state index contributed by atoms with van der Waals surface area (Å²) in [5.74, 6) is -1.03. The van der Waals surface area contributed by atoms with Crippen molar-refractivity contribution >= 4 is 5.97 Å². The normalized spacial score (nSPS) is 9.50. The fraction of sp³-hybridized carbons (Fsp3) is 0.200. The number of rotatable bonds is 2. The second-order valence-electron chi connectivity index (χ2n) is 2.94. The third kappa shape index (κ3) is 1.73. The molecule has 0 saturated heterocycles. The summed E-state index contributed by atoms with van der Waals surface area (Å²) < 4.78 is 0. The van der Waals surface area contributed by atoms with E-state index in [1.165, 1.54) is 12.1 Å². The van der Waals surface area contributed by atoms with E-state index in [2.05, 4.69) is 0 Å². The first-order valence-corrected chi connectivity index (χ1v) is 4.07. The molecule has 0 amide bonds. The van der Waals surface area contributed by atoms with Crippen molar-refractivity contribution < 1.29 is 9.90 Å². The van der Waals surface area contributed by atoms with Gasteiger partial charge in [-0.1, -0.05) is 0 Å². The van der Waals surface area contributed by atoms with E-state index in [1.54, 1.807) is 6.92 Å². The standard InChI is InChI=1S/C10H10N2O2/c1-6-2-7(10(13)14)3-8(4-11)9(6)5-12/h2-3H,5,12H2,1H3,(H,13,14). The number of aromatic carboxylic acids is 1. The first kappa shape index (κ1) is 10.2. The Balaban J connectivity index is 3.41. The Kier molecular flexibility index (Phi) is 2.85. The molecule has 0 saturated carbocycles. The summed E-state index contributed by atoms with van der Waals surface area (Å²) in [7, 11) is 0. The predicted octanol–water partition coefficient (Wildman–Crippen LogP) is 1.02. The first-order chi connectivity index (χ1) is 6.60. The van der Waals surface area contributed by atoms with Gasteiger partial charge >= 0.3 is 5.97 Å². The van der Waals surface area contributed by atoms with E-state index in [0.717, 1.165) is 5.56 Å². The van der Waals surface area contributed by atoms with Gasteiger partial charge in [-0.05, 0) is 30.2 Å². The van der Waals surface area contributed by atoms with Crippen LogP contribution in [0.15, 0.2) is 12.1 Å². The minimum atomic E-state index is -1.03. The van der Waals surface area contributed by atoms with E-state index in [4.69, 9.17) is 16.1 Å². The molecule has 72 valence electrons. The second kappa shape index (κ2) is 3.90. The quantitative estimate of drug-likeness (QED) is 0.728. The van der Waals surface area contributed by atoms with Crippen LogP contribution in [0.25, 0.3) is 0 Å². The number of aryl methyl sites for hydroxylation is 1. The predicted molar refractivity (Wildman–Crippen MR) is 50.7 cm³/mol. The molecular weight excluding hydrogens is 180 g/mol. The van der Waals surface area contributed by atoms with Crippen molar-refractivity contribution in [2.45, 2.75) is 13.5 Å². The molecule has 1 aromatic carbocycles. The molecule has 0 bridgehead atoms. The number of benzene rings is 1. The summed E-state index contributed by atoms with van der Waals surface area (Å²) in [6.45, 7) is 1.99. The smallest absolute Gasteiger partial charge is 0.335 e. The lowest BCUT2D eigenvalue weighted by Crippen LogP contribution is -2.06. The highest BCUT2D eigenvalue weighted by atomic mass is 16.4. The number of carboxylic acids is 1. The minimum absolute atomic E-state index is 0.122. The molecule has 4 nitrogen and oxygen atoms in total. The van der Waals surface area contributed by atoms with Crippen molar-refractivity contribution in [3.05, 3.63) is 34.4 Å². The Morgan fingerprint density at radius 2 is 2.29 bits per heavy atom. The molecule has 0 aliphatic rings. The topological polar surface area (TPSA) is 87.1 Å². The highest BCUT2D eigenvalue weighted by Gasteiger charge is 2.10. The van der Waals surface area contributed by atoms with Gasteiger partial charge in [-0.2, -0.15) is 5.26 Å². The van der Waals surface area contributed by atoms with Gasteiger partial charge in [-0.3, -0.25) is 0 Å². The van der Waals surface area contributed by atoms with Crippen LogP contribution in [0, 0.1) is 18.3 Å². The third-order valence-electron chi connectivity index (χ3n) is 2.04. The molecule has 0 heterocycles. The summed E-state index contributed by atoms with van der Waals surface area (Å²) in [6.07, 6.45) is 0. The van der Waals surface area contributed by atoms with Crippen molar-refractivity contribution in [1.82, 2.24) is 0 Å².